The van der Waals surface area contributed by atoms with Crippen LogP contribution >= 0.6 is 0 Å². The van der Waals surface area contributed by atoms with Crippen molar-refractivity contribution in [2.24, 2.45) is 0 Å². The van der Waals surface area contributed by atoms with Crippen molar-refractivity contribution < 1.29 is 8.78 Å². The first-order valence-electron chi connectivity index (χ1n) is 5.80. The Morgan fingerprint density at radius 1 is 1.22 bits per heavy atom. The second kappa shape index (κ2) is 5.12. The molecule has 0 aliphatic heterocycles. The minimum Gasteiger partial charge on any atom is -0.355 e. The zero-order valence-corrected chi connectivity index (χ0v) is 10.2. The molecule has 1 aromatic carbocycles. The molecule has 2 aromatic rings. The van der Waals surface area contributed by atoms with E-state index in [2.05, 4.69) is 15.5 Å². The van der Waals surface area contributed by atoms with Crippen LogP contribution in [-0.4, -0.2) is 21.3 Å². The second-order valence-corrected chi connectivity index (χ2v) is 3.72. The number of hydrogen-bond acceptors (Lipinski definition) is 3. The van der Waals surface area contributed by atoms with Gasteiger partial charge in [0, 0.05) is 13.1 Å². The van der Waals surface area contributed by atoms with Gasteiger partial charge in [-0.1, -0.05) is 6.07 Å². The molecule has 0 bridgehead atoms. The molecule has 0 amide bonds. The summed E-state index contributed by atoms with van der Waals surface area (Å²) in [5.41, 5.74) is 0.119. The Bertz CT molecular complexity index is 551. The monoisotopic (exact) mass is 252 g/mol. The zero-order valence-electron chi connectivity index (χ0n) is 10.2. The summed E-state index contributed by atoms with van der Waals surface area (Å²) in [4.78, 5) is 0. The van der Waals surface area contributed by atoms with Gasteiger partial charge in [0.1, 0.15) is 0 Å². The number of nitrogens with zero attached hydrogens (tertiary/aromatic N) is 3. The van der Waals surface area contributed by atoms with E-state index in [1.165, 1.54) is 12.1 Å². The maximum Gasteiger partial charge on any atom is 0.224 e. The summed E-state index contributed by atoms with van der Waals surface area (Å²) in [6, 6.07) is 4.02. The average Bonchev–Trinajstić information content (AvgIpc) is 2.76. The largest absolute Gasteiger partial charge is 0.355 e. The highest BCUT2D eigenvalue weighted by Crippen LogP contribution is 2.24. The lowest BCUT2D eigenvalue weighted by atomic mass is 10.2. The van der Waals surface area contributed by atoms with E-state index in [9.17, 15) is 8.78 Å². The van der Waals surface area contributed by atoms with E-state index in [-0.39, 0.29) is 5.56 Å². The summed E-state index contributed by atoms with van der Waals surface area (Å²) in [6.07, 6.45) is 0. The highest BCUT2D eigenvalue weighted by molar-refractivity contribution is 5.58. The number of hydrogen-bond donors (Lipinski definition) is 1. The van der Waals surface area contributed by atoms with Crippen LogP contribution in [0.3, 0.4) is 0 Å². The van der Waals surface area contributed by atoms with E-state index in [0.717, 1.165) is 6.07 Å². The summed E-state index contributed by atoms with van der Waals surface area (Å²) >= 11 is 0. The van der Waals surface area contributed by atoms with Gasteiger partial charge >= 0.3 is 0 Å². The fraction of sp³-hybridized carbons (Fsp3) is 0.333. The molecule has 0 aliphatic rings. The topological polar surface area (TPSA) is 42.7 Å². The summed E-state index contributed by atoms with van der Waals surface area (Å²) in [7, 11) is 0. The highest BCUT2D eigenvalue weighted by atomic mass is 19.2. The first-order valence-corrected chi connectivity index (χ1v) is 5.80. The molecule has 0 atom stereocenters. The molecule has 0 radical (unpaired) electrons. The van der Waals surface area contributed by atoms with E-state index in [4.69, 9.17) is 0 Å². The van der Waals surface area contributed by atoms with Crippen LogP contribution in [-0.2, 0) is 6.54 Å². The lowest BCUT2D eigenvalue weighted by molar-refractivity contribution is 0.510. The number of benzene rings is 1. The molecule has 6 heteroatoms. The van der Waals surface area contributed by atoms with Gasteiger partial charge in [0.25, 0.3) is 0 Å². The molecular formula is C12H14F2N4. The average molecular weight is 252 g/mol. The SMILES string of the molecule is CCNc1nnc(-c2cccc(F)c2F)n1CC. The van der Waals surface area contributed by atoms with E-state index < -0.39 is 11.6 Å². The van der Waals surface area contributed by atoms with Gasteiger partial charge in [-0.15, -0.1) is 10.2 Å². The van der Waals surface area contributed by atoms with Crippen molar-refractivity contribution in [3.63, 3.8) is 0 Å². The van der Waals surface area contributed by atoms with Crippen LogP contribution in [0.25, 0.3) is 11.4 Å². The molecule has 96 valence electrons. The van der Waals surface area contributed by atoms with Gasteiger partial charge in [-0.25, -0.2) is 8.78 Å². The number of aromatic nitrogens is 3. The molecule has 0 unspecified atom stereocenters. The Morgan fingerprint density at radius 2 is 2.00 bits per heavy atom. The predicted octanol–water partition coefficient (Wildman–Crippen LogP) is 2.68. The van der Waals surface area contributed by atoms with E-state index in [1.807, 2.05) is 13.8 Å². The number of rotatable bonds is 4. The minimum absolute atomic E-state index is 0.119. The van der Waals surface area contributed by atoms with Crippen molar-refractivity contribution in [1.82, 2.24) is 14.8 Å². The second-order valence-electron chi connectivity index (χ2n) is 3.72. The third-order valence-electron chi connectivity index (χ3n) is 2.59. The summed E-state index contributed by atoms with van der Waals surface area (Å²) in [5.74, 6) is -0.907. The molecule has 4 nitrogen and oxygen atoms in total. The lowest BCUT2D eigenvalue weighted by Gasteiger charge is -2.08. The maximum absolute atomic E-state index is 13.7. The molecule has 0 saturated carbocycles. The van der Waals surface area contributed by atoms with E-state index in [1.54, 1.807) is 4.57 Å². The lowest BCUT2D eigenvalue weighted by Crippen LogP contribution is -2.07. The Morgan fingerprint density at radius 3 is 2.67 bits per heavy atom. The standard InChI is InChI=1S/C12H14F2N4/c1-3-15-12-17-16-11(18(12)4-2)8-6-5-7-9(13)10(8)14/h5-7H,3-4H2,1-2H3,(H,15,17). The predicted molar refractivity (Wildman–Crippen MR) is 65.2 cm³/mol. The van der Waals surface area contributed by atoms with Gasteiger partial charge in [-0.05, 0) is 26.0 Å². The van der Waals surface area contributed by atoms with Crippen molar-refractivity contribution in [2.45, 2.75) is 20.4 Å². The Hall–Kier alpha value is -1.98. The molecule has 0 saturated heterocycles. The summed E-state index contributed by atoms with van der Waals surface area (Å²) < 4.78 is 28.6. The molecule has 18 heavy (non-hydrogen) atoms. The number of nitrogens with one attached hydrogen (secondary N) is 1. The van der Waals surface area contributed by atoms with Crippen LogP contribution in [0.15, 0.2) is 18.2 Å². The van der Waals surface area contributed by atoms with Gasteiger partial charge in [0.2, 0.25) is 5.95 Å². The normalized spacial score (nSPS) is 10.7. The van der Waals surface area contributed by atoms with Crippen LogP contribution in [0.1, 0.15) is 13.8 Å². The molecule has 2 rings (SSSR count). The summed E-state index contributed by atoms with van der Waals surface area (Å²) in [5, 5.41) is 10.9. The molecule has 0 spiro atoms. The quantitative estimate of drug-likeness (QED) is 0.909. The van der Waals surface area contributed by atoms with E-state index in [0.29, 0.717) is 24.9 Å². The van der Waals surface area contributed by atoms with Crippen molar-refractivity contribution in [3.8, 4) is 11.4 Å². The molecule has 1 heterocycles. The van der Waals surface area contributed by atoms with Gasteiger partial charge in [0.15, 0.2) is 17.5 Å². The molecular weight excluding hydrogens is 238 g/mol. The third kappa shape index (κ3) is 2.05. The fourth-order valence-corrected chi connectivity index (χ4v) is 1.77. The Labute approximate surface area is 104 Å². The van der Waals surface area contributed by atoms with Gasteiger partial charge < -0.3 is 5.32 Å². The van der Waals surface area contributed by atoms with Crippen LogP contribution in [0, 0.1) is 11.6 Å². The van der Waals surface area contributed by atoms with Crippen LogP contribution < -0.4 is 5.32 Å². The van der Waals surface area contributed by atoms with Crippen molar-refractivity contribution in [2.75, 3.05) is 11.9 Å². The zero-order chi connectivity index (χ0) is 13.1. The molecule has 0 aliphatic carbocycles. The van der Waals surface area contributed by atoms with Crippen LogP contribution in [0.4, 0.5) is 14.7 Å². The first kappa shape index (κ1) is 12.5. The van der Waals surface area contributed by atoms with Gasteiger partial charge in [0.05, 0.1) is 5.56 Å². The third-order valence-corrected chi connectivity index (χ3v) is 2.59. The minimum atomic E-state index is -0.900. The summed E-state index contributed by atoms with van der Waals surface area (Å²) in [6.45, 7) is 5.08. The van der Waals surface area contributed by atoms with Crippen LogP contribution in [0.5, 0.6) is 0 Å². The molecule has 0 fully saturated rings. The van der Waals surface area contributed by atoms with Gasteiger partial charge in [-0.3, -0.25) is 4.57 Å². The Kier molecular flexibility index (Phi) is 3.55. The molecule has 1 aromatic heterocycles. The van der Waals surface area contributed by atoms with Crippen LogP contribution in [0.2, 0.25) is 0 Å². The fourth-order valence-electron chi connectivity index (χ4n) is 1.77. The number of anilines is 1. The van der Waals surface area contributed by atoms with Crippen molar-refractivity contribution in [1.29, 1.82) is 0 Å². The van der Waals surface area contributed by atoms with Crippen molar-refractivity contribution >= 4 is 5.95 Å². The van der Waals surface area contributed by atoms with E-state index >= 15 is 0 Å². The highest BCUT2D eigenvalue weighted by Gasteiger charge is 2.17. The first-order chi connectivity index (χ1) is 8.69. The Balaban J connectivity index is 2.53. The van der Waals surface area contributed by atoms with Crippen molar-refractivity contribution in [3.05, 3.63) is 29.8 Å². The van der Waals surface area contributed by atoms with Gasteiger partial charge in [-0.2, -0.15) is 0 Å². The number of halogens is 2. The smallest absolute Gasteiger partial charge is 0.224 e. The molecule has 1 N–H and O–H groups in total. The maximum atomic E-state index is 13.7.